The zero-order valence-corrected chi connectivity index (χ0v) is 12.2. The fraction of sp³-hybridized carbons (Fsp3) is 0.235. The predicted octanol–water partition coefficient (Wildman–Crippen LogP) is 2.73. The Bertz CT molecular complexity index is 722. The number of benzene rings is 2. The van der Waals surface area contributed by atoms with Crippen LogP contribution < -0.4 is 9.47 Å². The zero-order chi connectivity index (χ0) is 15.9. The first-order chi connectivity index (χ1) is 10.5. The van der Waals surface area contributed by atoms with Crippen LogP contribution in [0.25, 0.3) is 0 Å². The average molecular weight is 300 g/mol. The zero-order valence-electron chi connectivity index (χ0n) is 12.2. The molecule has 2 N–H and O–H groups in total. The minimum absolute atomic E-state index is 0.148. The van der Waals surface area contributed by atoms with E-state index >= 15 is 0 Å². The number of carbonyl (C=O) groups is 1. The van der Waals surface area contributed by atoms with Crippen molar-refractivity contribution in [3.63, 3.8) is 0 Å². The van der Waals surface area contributed by atoms with Crippen molar-refractivity contribution >= 4 is 5.97 Å². The molecule has 0 aromatic heterocycles. The van der Waals surface area contributed by atoms with Crippen LogP contribution in [0.4, 0.5) is 0 Å². The monoisotopic (exact) mass is 300 g/mol. The number of rotatable bonds is 3. The molecule has 0 aliphatic carbocycles. The maximum atomic E-state index is 11.4. The van der Waals surface area contributed by atoms with Gasteiger partial charge in [-0.05, 0) is 36.4 Å². The molecule has 5 heteroatoms. The average Bonchev–Trinajstić information content (AvgIpc) is 2.79. The summed E-state index contributed by atoms with van der Waals surface area (Å²) in [7, 11) is 1.56. The molecule has 2 unspecified atom stereocenters. The van der Waals surface area contributed by atoms with E-state index in [-0.39, 0.29) is 5.56 Å². The molecular weight excluding hydrogens is 284 g/mol. The Morgan fingerprint density at radius 1 is 1.23 bits per heavy atom. The topological polar surface area (TPSA) is 76.0 Å². The fourth-order valence-corrected chi connectivity index (χ4v) is 2.86. The maximum Gasteiger partial charge on any atom is 0.336 e. The molecule has 0 saturated heterocycles. The lowest BCUT2D eigenvalue weighted by Crippen LogP contribution is -2.33. The van der Waals surface area contributed by atoms with Gasteiger partial charge in [0.15, 0.2) is 0 Å². The van der Waals surface area contributed by atoms with Gasteiger partial charge in [0.25, 0.3) is 0 Å². The van der Waals surface area contributed by atoms with E-state index in [1.807, 2.05) is 0 Å². The summed E-state index contributed by atoms with van der Waals surface area (Å²) in [5.41, 5.74) is 1.20. The van der Waals surface area contributed by atoms with Crippen molar-refractivity contribution in [3.05, 3.63) is 59.2 Å². The first-order valence-electron chi connectivity index (χ1n) is 6.89. The van der Waals surface area contributed by atoms with Crippen molar-refractivity contribution in [1.29, 1.82) is 0 Å². The summed E-state index contributed by atoms with van der Waals surface area (Å²) < 4.78 is 10.8. The Hall–Kier alpha value is -2.53. The van der Waals surface area contributed by atoms with Gasteiger partial charge < -0.3 is 19.7 Å². The van der Waals surface area contributed by atoms with Crippen LogP contribution in [-0.2, 0) is 5.79 Å². The molecule has 0 fully saturated rings. The van der Waals surface area contributed by atoms with Crippen LogP contribution in [0.2, 0.25) is 0 Å². The van der Waals surface area contributed by atoms with Gasteiger partial charge in [0.05, 0.1) is 18.6 Å². The van der Waals surface area contributed by atoms with Crippen LogP contribution in [-0.4, -0.2) is 23.3 Å². The van der Waals surface area contributed by atoms with Gasteiger partial charge in [-0.1, -0.05) is 13.0 Å². The van der Waals surface area contributed by atoms with E-state index < -0.39 is 17.7 Å². The lowest BCUT2D eigenvalue weighted by Gasteiger charge is -2.27. The number of ether oxygens (including phenoxy) is 2. The van der Waals surface area contributed by atoms with Gasteiger partial charge in [0.2, 0.25) is 5.79 Å². The molecule has 0 radical (unpaired) electrons. The third kappa shape index (κ3) is 2.02. The molecule has 2 aromatic carbocycles. The summed E-state index contributed by atoms with van der Waals surface area (Å²) in [4.78, 5) is 11.4. The van der Waals surface area contributed by atoms with Crippen LogP contribution in [0.15, 0.2) is 42.5 Å². The number of hydrogen-bond acceptors (Lipinski definition) is 4. The first-order valence-corrected chi connectivity index (χ1v) is 6.89. The summed E-state index contributed by atoms with van der Waals surface area (Å²) in [6.07, 6.45) is 0. The first kappa shape index (κ1) is 14.4. The van der Waals surface area contributed by atoms with Crippen molar-refractivity contribution in [2.24, 2.45) is 0 Å². The van der Waals surface area contributed by atoms with Crippen LogP contribution in [0, 0.1) is 0 Å². The number of fused-ring (bicyclic) bond motifs is 1. The molecule has 0 amide bonds. The molecule has 1 aliphatic rings. The molecule has 0 saturated carbocycles. The van der Waals surface area contributed by atoms with E-state index in [0.717, 1.165) is 0 Å². The van der Waals surface area contributed by atoms with Crippen LogP contribution in [0.1, 0.15) is 34.3 Å². The maximum absolute atomic E-state index is 11.4. The van der Waals surface area contributed by atoms with Crippen molar-refractivity contribution in [2.45, 2.75) is 18.6 Å². The van der Waals surface area contributed by atoms with Gasteiger partial charge in [-0.2, -0.15) is 0 Å². The second kappa shape index (κ2) is 5.03. The SMILES string of the molecule is COc1ccc(C2(O)Oc3cccc(C(=O)O)c3C2C)cc1. The summed E-state index contributed by atoms with van der Waals surface area (Å²) in [6, 6.07) is 11.7. The van der Waals surface area contributed by atoms with Crippen molar-refractivity contribution in [3.8, 4) is 11.5 Å². The summed E-state index contributed by atoms with van der Waals surface area (Å²) >= 11 is 0. The van der Waals surface area contributed by atoms with Gasteiger partial charge >= 0.3 is 5.97 Å². The van der Waals surface area contributed by atoms with E-state index in [1.54, 1.807) is 50.4 Å². The molecule has 0 spiro atoms. The molecule has 1 aliphatic heterocycles. The van der Waals surface area contributed by atoms with E-state index in [2.05, 4.69) is 0 Å². The van der Waals surface area contributed by atoms with Crippen molar-refractivity contribution in [2.75, 3.05) is 7.11 Å². The van der Waals surface area contributed by atoms with Crippen LogP contribution >= 0.6 is 0 Å². The molecule has 2 aromatic rings. The van der Waals surface area contributed by atoms with Gasteiger partial charge in [-0.3, -0.25) is 0 Å². The smallest absolute Gasteiger partial charge is 0.336 e. The highest BCUT2D eigenvalue weighted by atomic mass is 16.6. The molecular formula is C17H16O5. The highest BCUT2D eigenvalue weighted by Crippen LogP contribution is 2.50. The summed E-state index contributed by atoms with van der Waals surface area (Å²) in [6.45, 7) is 1.75. The number of hydrogen-bond donors (Lipinski definition) is 2. The molecule has 22 heavy (non-hydrogen) atoms. The van der Waals surface area contributed by atoms with E-state index in [9.17, 15) is 15.0 Å². The molecule has 2 atom stereocenters. The second-order valence-corrected chi connectivity index (χ2v) is 5.27. The Balaban J connectivity index is 2.07. The summed E-state index contributed by atoms with van der Waals surface area (Å²) in [5, 5.41) is 20.3. The van der Waals surface area contributed by atoms with Gasteiger partial charge in [0.1, 0.15) is 11.5 Å². The normalized spacial score (nSPS) is 22.8. The Labute approximate surface area is 127 Å². The lowest BCUT2D eigenvalue weighted by atomic mass is 9.87. The van der Waals surface area contributed by atoms with E-state index in [1.165, 1.54) is 6.07 Å². The fourth-order valence-electron chi connectivity index (χ4n) is 2.86. The predicted molar refractivity (Wildman–Crippen MR) is 79.3 cm³/mol. The Morgan fingerprint density at radius 3 is 2.50 bits per heavy atom. The second-order valence-electron chi connectivity index (χ2n) is 5.27. The molecule has 0 bridgehead atoms. The highest BCUT2D eigenvalue weighted by molar-refractivity contribution is 5.91. The highest BCUT2D eigenvalue weighted by Gasteiger charge is 2.47. The van der Waals surface area contributed by atoms with E-state index in [4.69, 9.17) is 9.47 Å². The molecule has 1 heterocycles. The minimum atomic E-state index is -1.60. The van der Waals surface area contributed by atoms with Crippen LogP contribution in [0.3, 0.4) is 0 Å². The quantitative estimate of drug-likeness (QED) is 0.911. The third-order valence-corrected chi connectivity index (χ3v) is 4.09. The number of aromatic carboxylic acids is 1. The number of carboxylic acid groups (broad SMARTS) is 1. The van der Waals surface area contributed by atoms with Gasteiger partial charge in [-0.15, -0.1) is 0 Å². The standard InChI is InChI=1S/C17H16O5/c1-10-15-13(16(18)19)4-3-5-14(15)22-17(10,20)11-6-8-12(21-2)9-7-11/h3-10,20H,1-2H3,(H,18,19). The van der Waals surface area contributed by atoms with E-state index in [0.29, 0.717) is 22.6 Å². The van der Waals surface area contributed by atoms with Crippen molar-refractivity contribution < 1.29 is 24.5 Å². The number of methoxy groups -OCH3 is 1. The van der Waals surface area contributed by atoms with Crippen LogP contribution in [0.5, 0.6) is 11.5 Å². The Kier molecular flexibility index (Phi) is 3.30. The van der Waals surface area contributed by atoms with Crippen molar-refractivity contribution in [1.82, 2.24) is 0 Å². The van der Waals surface area contributed by atoms with Gasteiger partial charge in [0, 0.05) is 11.1 Å². The third-order valence-electron chi connectivity index (χ3n) is 4.09. The molecule has 114 valence electrons. The molecule has 5 nitrogen and oxygen atoms in total. The Morgan fingerprint density at radius 2 is 1.91 bits per heavy atom. The largest absolute Gasteiger partial charge is 0.497 e. The lowest BCUT2D eigenvalue weighted by molar-refractivity contribution is -0.145. The summed E-state index contributed by atoms with van der Waals surface area (Å²) in [5.74, 6) is -2.08. The number of aliphatic hydroxyl groups is 1. The number of carboxylic acids is 1. The van der Waals surface area contributed by atoms with Gasteiger partial charge in [-0.25, -0.2) is 4.79 Å². The molecule has 3 rings (SSSR count). The minimum Gasteiger partial charge on any atom is -0.497 e.